The van der Waals surface area contributed by atoms with Gasteiger partial charge < -0.3 is 10.6 Å². The molecule has 27 heavy (non-hydrogen) atoms. The highest BCUT2D eigenvalue weighted by Crippen LogP contribution is 2.23. The van der Waals surface area contributed by atoms with Crippen LogP contribution in [0.2, 0.25) is 0 Å². The zero-order valence-corrected chi connectivity index (χ0v) is 16.0. The number of nitrogens with one attached hydrogen (secondary N) is 2. The predicted molar refractivity (Wildman–Crippen MR) is 109 cm³/mol. The first-order valence-electron chi connectivity index (χ1n) is 8.66. The first-order valence-corrected chi connectivity index (χ1v) is 9.53. The maximum atomic E-state index is 12.5. The van der Waals surface area contributed by atoms with E-state index < -0.39 is 0 Å². The number of nitrogens with zero attached hydrogens (tertiary/aromatic N) is 1. The highest BCUT2D eigenvalue weighted by molar-refractivity contribution is 7.09. The van der Waals surface area contributed by atoms with Crippen LogP contribution in [-0.2, 0) is 9.59 Å². The molecule has 0 aliphatic heterocycles. The van der Waals surface area contributed by atoms with Crippen molar-refractivity contribution >= 4 is 28.8 Å². The fourth-order valence-corrected chi connectivity index (χ4v) is 3.42. The zero-order chi connectivity index (χ0) is 19.2. The van der Waals surface area contributed by atoms with Crippen LogP contribution in [0.1, 0.15) is 30.0 Å². The van der Waals surface area contributed by atoms with Gasteiger partial charge in [-0.2, -0.15) is 0 Å². The van der Waals surface area contributed by atoms with E-state index in [0.717, 1.165) is 21.8 Å². The normalized spacial score (nSPS) is 11.6. The van der Waals surface area contributed by atoms with Crippen LogP contribution in [0.15, 0.2) is 60.0 Å². The highest BCUT2D eigenvalue weighted by Gasteiger charge is 2.17. The Balaban J connectivity index is 1.66. The van der Waals surface area contributed by atoms with E-state index in [1.54, 1.807) is 11.3 Å². The Morgan fingerprint density at radius 2 is 1.78 bits per heavy atom. The largest absolute Gasteiger partial charge is 0.349 e. The summed E-state index contributed by atoms with van der Waals surface area (Å²) in [6.45, 7) is 3.42. The number of hydrogen-bond donors (Lipinski definition) is 2. The summed E-state index contributed by atoms with van der Waals surface area (Å²) in [6.07, 6.45) is 0.163. The van der Waals surface area contributed by atoms with Crippen LogP contribution in [0.4, 0.5) is 5.69 Å². The van der Waals surface area contributed by atoms with Crippen molar-refractivity contribution in [3.63, 3.8) is 0 Å². The fourth-order valence-electron chi connectivity index (χ4n) is 2.80. The second-order valence-corrected chi connectivity index (χ2v) is 7.31. The summed E-state index contributed by atoms with van der Waals surface area (Å²) in [6, 6.07) is 16.7. The molecule has 138 valence electrons. The van der Waals surface area contributed by atoms with Gasteiger partial charge in [0, 0.05) is 23.6 Å². The molecule has 1 heterocycles. The summed E-state index contributed by atoms with van der Waals surface area (Å²) in [5.41, 5.74) is 3.56. The second kappa shape index (κ2) is 8.60. The van der Waals surface area contributed by atoms with Crippen LogP contribution in [0.25, 0.3) is 11.3 Å². The Hall–Kier alpha value is -2.99. The van der Waals surface area contributed by atoms with Gasteiger partial charge in [-0.1, -0.05) is 42.5 Å². The molecule has 1 aromatic heterocycles. The van der Waals surface area contributed by atoms with E-state index in [0.29, 0.717) is 5.69 Å². The molecule has 1 unspecified atom stereocenters. The van der Waals surface area contributed by atoms with E-state index in [1.807, 2.05) is 66.9 Å². The Morgan fingerprint density at radius 1 is 1.07 bits per heavy atom. The number of aromatic nitrogens is 1. The molecule has 3 aromatic rings. The monoisotopic (exact) mass is 379 g/mol. The summed E-state index contributed by atoms with van der Waals surface area (Å²) in [5.74, 6) is -0.325. The lowest BCUT2D eigenvalue weighted by Crippen LogP contribution is -2.29. The average Bonchev–Trinajstić information content (AvgIpc) is 3.08. The lowest BCUT2D eigenvalue weighted by molar-refractivity contribution is -0.120. The van der Waals surface area contributed by atoms with Gasteiger partial charge in [0.05, 0.1) is 23.2 Å². The van der Waals surface area contributed by atoms with Crippen LogP contribution in [0.3, 0.4) is 0 Å². The van der Waals surface area contributed by atoms with Gasteiger partial charge in [-0.25, -0.2) is 4.98 Å². The molecule has 0 spiro atoms. The van der Waals surface area contributed by atoms with Crippen LogP contribution >= 0.6 is 11.3 Å². The lowest BCUT2D eigenvalue weighted by Gasteiger charge is -2.18. The number of amides is 2. The van der Waals surface area contributed by atoms with Crippen molar-refractivity contribution in [2.75, 3.05) is 5.32 Å². The van der Waals surface area contributed by atoms with Crippen molar-refractivity contribution in [3.8, 4) is 11.3 Å². The van der Waals surface area contributed by atoms with Gasteiger partial charge in [-0.3, -0.25) is 9.59 Å². The molecule has 2 aromatic carbocycles. The summed E-state index contributed by atoms with van der Waals surface area (Å²) < 4.78 is 0. The van der Waals surface area contributed by atoms with Crippen molar-refractivity contribution in [2.45, 2.75) is 26.3 Å². The van der Waals surface area contributed by atoms with Gasteiger partial charge in [-0.15, -0.1) is 11.3 Å². The molecule has 1 atom stereocenters. The van der Waals surface area contributed by atoms with Gasteiger partial charge in [0.25, 0.3) is 0 Å². The number of rotatable bonds is 6. The molecular formula is C21H21N3O2S. The molecule has 0 radical (unpaired) electrons. The number of hydrogen-bond acceptors (Lipinski definition) is 4. The summed E-state index contributed by atoms with van der Waals surface area (Å²) in [7, 11) is 0. The smallest absolute Gasteiger partial charge is 0.226 e. The van der Waals surface area contributed by atoms with E-state index in [9.17, 15) is 9.59 Å². The maximum absolute atomic E-state index is 12.5. The van der Waals surface area contributed by atoms with Crippen LogP contribution in [-0.4, -0.2) is 16.8 Å². The number of aryl methyl sites for hydroxylation is 1. The Bertz CT molecular complexity index is 920. The van der Waals surface area contributed by atoms with Crippen LogP contribution in [0.5, 0.6) is 0 Å². The van der Waals surface area contributed by atoms with Gasteiger partial charge >= 0.3 is 0 Å². The molecule has 2 amide bonds. The Kier molecular flexibility index (Phi) is 5.98. The molecule has 0 saturated carbocycles. The molecule has 0 fully saturated rings. The Labute approximate surface area is 162 Å². The number of anilines is 1. The van der Waals surface area contributed by atoms with Crippen molar-refractivity contribution in [1.82, 2.24) is 10.3 Å². The van der Waals surface area contributed by atoms with Crippen molar-refractivity contribution < 1.29 is 9.59 Å². The highest BCUT2D eigenvalue weighted by atomic mass is 32.1. The number of carbonyl (C=O) groups excluding carboxylic acids is 2. The first-order chi connectivity index (χ1) is 13.0. The van der Waals surface area contributed by atoms with E-state index in [4.69, 9.17) is 0 Å². The summed E-state index contributed by atoms with van der Waals surface area (Å²) >= 11 is 1.61. The zero-order valence-electron chi connectivity index (χ0n) is 15.2. The molecule has 5 nitrogen and oxygen atoms in total. The molecule has 3 rings (SSSR count). The van der Waals surface area contributed by atoms with Crippen molar-refractivity contribution in [3.05, 3.63) is 70.5 Å². The quantitative estimate of drug-likeness (QED) is 0.670. The van der Waals surface area contributed by atoms with Crippen LogP contribution in [0, 0.1) is 6.92 Å². The van der Waals surface area contributed by atoms with E-state index >= 15 is 0 Å². The molecule has 0 aliphatic rings. The molecule has 0 saturated heterocycles. The van der Waals surface area contributed by atoms with Crippen molar-refractivity contribution in [1.29, 1.82) is 0 Å². The average molecular weight is 379 g/mol. The fraction of sp³-hybridized carbons (Fsp3) is 0.190. The van der Waals surface area contributed by atoms with Gasteiger partial charge in [0.2, 0.25) is 11.8 Å². The van der Waals surface area contributed by atoms with E-state index in [-0.39, 0.29) is 24.3 Å². The van der Waals surface area contributed by atoms with Crippen molar-refractivity contribution in [2.24, 2.45) is 0 Å². The third-order valence-electron chi connectivity index (χ3n) is 4.05. The van der Waals surface area contributed by atoms with Gasteiger partial charge in [-0.05, 0) is 24.6 Å². The third kappa shape index (κ3) is 5.24. The molecule has 6 heteroatoms. The van der Waals surface area contributed by atoms with Gasteiger partial charge in [0.15, 0.2) is 0 Å². The van der Waals surface area contributed by atoms with Gasteiger partial charge in [0.1, 0.15) is 0 Å². The first kappa shape index (κ1) is 18.8. The topological polar surface area (TPSA) is 71.1 Å². The molecule has 0 bridgehead atoms. The summed E-state index contributed by atoms with van der Waals surface area (Å²) in [4.78, 5) is 28.4. The molecule has 0 aliphatic carbocycles. The molecular weight excluding hydrogens is 358 g/mol. The van der Waals surface area contributed by atoms with E-state index in [1.165, 1.54) is 6.92 Å². The third-order valence-corrected chi connectivity index (χ3v) is 4.83. The minimum Gasteiger partial charge on any atom is -0.349 e. The number of thiazole rings is 1. The SMILES string of the molecule is CC(=O)NC(CC(=O)Nc1ccc(-c2csc(C)n2)cc1)c1ccccc1. The number of benzene rings is 2. The standard InChI is InChI=1S/C21H21N3O2S/c1-14(25)22-19(16-6-4-3-5-7-16)12-21(26)24-18-10-8-17(9-11-18)20-13-27-15(2)23-20/h3-11,13,19H,12H2,1-2H3,(H,22,25)(H,24,26). The Morgan fingerprint density at radius 3 is 2.37 bits per heavy atom. The second-order valence-electron chi connectivity index (χ2n) is 6.25. The van der Waals surface area contributed by atoms with E-state index in [2.05, 4.69) is 15.6 Å². The maximum Gasteiger partial charge on any atom is 0.226 e. The minimum atomic E-state index is -0.360. The summed E-state index contributed by atoms with van der Waals surface area (Å²) in [5, 5.41) is 8.77. The molecule has 2 N–H and O–H groups in total. The number of carbonyl (C=O) groups is 2. The van der Waals surface area contributed by atoms with Crippen LogP contribution < -0.4 is 10.6 Å². The minimum absolute atomic E-state index is 0.158. The lowest BCUT2D eigenvalue weighted by atomic mass is 10.0. The predicted octanol–water partition coefficient (Wildman–Crippen LogP) is 4.32.